The van der Waals surface area contributed by atoms with Crippen molar-refractivity contribution in [2.45, 2.75) is 6.04 Å². The molecule has 3 heteroatoms. The Morgan fingerprint density at radius 1 is 0.463 bits per heavy atom. The Morgan fingerprint density at radius 2 is 0.902 bits per heavy atom. The normalized spacial score (nSPS) is 15.1. The maximum atomic E-state index is 2.46. The first kappa shape index (κ1) is 28.1. The third kappa shape index (κ3) is 6.24. The molecule has 1 aliphatic carbocycles. The second-order valence-electron chi connectivity index (χ2n) is 10.3. The fraction of sp³-hybridized carbons (Fsp3) is 0.0789. The molecule has 1 atom stereocenters. The van der Waals surface area contributed by atoms with Crippen molar-refractivity contribution in [1.82, 2.24) is 4.90 Å². The van der Waals surface area contributed by atoms with E-state index in [0.717, 1.165) is 0 Å². The average molecular weight is 567 g/mol. The van der Waals surface area contributed by atoms with Gasteiger partial charge in [0.1, 0.15) is 0 Å². The van der Waals surface area contributed by atoms with Gasteiger partial charge in [0.25, 0.3) is 0 Å². The Hall–Kier alpha value is -3.08. The van der Waals surface area contributed by atoms with Gasteiger partial charge in [0.2, 0.25) is 0 Å². The van der Waals surface area contributed by atoms with Crippen LogP contribution in [0.2, 0.25) is 0 Å². The van der Waals surface area contributed by atoms with Crippen molar-refractivity contribution < 1.29 is 0 Å². The maximum Gasteiger partial charge on any atom is 0.0417 e. The highest BCUT2D eigenvalue weighted by Gasteiger charge is 2.42. The summed E-state index contributed by atoms with van der Waals surface area (Å²) in [5.41, 5.74) is 2.75. The number of hydrogen-bond acceptors (Lipinski definition) is 1. The molecular weight excluding hydrogens is 532 g/mol. The van der Waals surface area contributed by atoms with Crippen LogP contribution in [0.3, 0.4) is 0 Å². The lowest BCUT2D eigenvalue weighted by Gasteiger charge is -2.37. The summed E-state index contributed by atoms with van der Waals surface area (Å²) in [6.45, 7) is 0. The van der Waals surface area contributed by atoms with E-state index in [9.17, 15) is 0 Å². The smallest absolute Gasteiger partial charge is 0.0417 e. The number of benzene rings is 5. The van der Waals surface area contributed by atoms with Crippen LogP contribution in [0, 0.1) is 30.8 Å². The molecule has 201 valence electrons. The summed E-state index contributed by atoms with van der Waals surface area (Å²) < 4.78 is 0. The quantitative estimate of drug-likeness (QED) is 0.175. The van der Waals surface area contributed by atoms with E-state index in [-0.39, 0.29) is 6.04 Å². The molecule has 6 rings (SSSR count). The molecule has 1 aliphatic rings. The van der Waals surface area contributed by atoms with E-state index in [0.29, 0.717) is 0 Å². The van der Waals surface area contributed by atoms with Crippen molar-refractivity contribution in [1.29, 1.82) is 0 Å². The van der Waals surface area contributed by atoms with Gasteiger partial charge in [0.05, 0.1) is 0 Å². The summed E-state index contributed by atoms with van der Waals surface area (Å²) in [7, 11) is 3.05. The minimum absolute atomic E-state index is 0.140. The van der Waals surface area contributed by atoms with Gasteiger partial charge in [-0.1, -0.05) is 140 Å². The van der Waals surface area contributed by atoms with E-state index in [4.69, 9.17) is 0 Å². The third-order valence-electron chi connectivity index (χ3n) is 7.38. The second-order valence-corrected chi connectivity index (χ2v) is 14.7. The van der Waals surface area contributed by atoms with Gasteiger partial charge in [-0.25, -0.2) is 0 Å². The maximum absolute atomic E-state index is 2.46. The van der Waals surface area contributed by atoms with Crippen LogP contribution in [0.1, 0.15) is 11.6 Å². The highest BCUT2D eigenvalue weighted by molar-refractivity contribution is 7.79. The summed E-state index contributed by atoms with van der Waals surface area (Å²) >= 11 is 0. The molecule has 1 saturated carbocycles. The van der Waals surface area contributed by atoms with Gasteiger partial charge in [-0.05, 0) is 87.4 Å². The fourth-order valence-corrected chi connectivity index (χ4v) is 10.5. The SMILES string of the molecule is CN(C)[C@H]([C]1[CH][CH][CH][C]1P(c1ccccc1)c1ccccc1)c1cccc(P(c2ccccc2)c2ccccc2)c1. The molecule has 0 bridgehead atoms. The average Bonchev–Trinajstić information content (AvgIpc) is 3.48. The molecule has 0 N–H and O–H groups in total. The zero-order valence-corrected chi connectivity index (χ0v) is 25.3. The zero-order chi connectivity index (χ0) is 28.0. The molecule has 0 spiro atoms. The molecule has 0 heterocycles. The Balaban J connectivity index is 1.41. The van der Waals surface area contributed by atoms with Gasteiger partial charge in [0, 0.05) is 17.6 Å². The topological polar surface area (TPSA) is 3.24 Å². The third-order valence-corrected chi connectivity index (χ3v) is 12.3. The van der Waals surface area contributed by atoms with Gasteiger partial charge < -0.3 is 4.90 Å². The lowest BCUT2D eigenvalue weighted by Crippen LogP contribution is -2.30. The van der Waals surface area contributed by atoms with E-state index in [2.05, 4.69) is 184 Å². The van der Waals surface area contributed by atoms with Gasteiger partial charge in [-0.3, -0.25) is 0 Å². The first-order valence-corrected chi connectivity index (χ1v) is 16.7. The predicted molar refractivity (Wildman–Crippen MR) is 180 cm³/mol. The molecule has 0 amide bonds. The summed E-state index contributed by atoms with van der Waals surface area (Å²) in [6, 6.07) is 53.4. The summed E-state index contributed by atoms with van der Waals surface area (Å²) in [4.78, 5) is 2.37. The molecule has 1 nitrogen and oxygen atoms in total. The first-order chi connectivity index (χ1) is 20.2. The Labute approximate surface area is 248 Å². The number of nitrogens with zero attached hydrogens (tertiary/aromatic N) is 1. The molecule has 41 heavy (non-hydrogen) atoms. The largest absolute Gasteiger partial charge is 0.302 e. The summed E-state index contributed by atoms with van der Waals surface area (Å²) in [5.74, 6) is 1.38. The molecule has 5 aromatic rings. The molecule has 5 radical (unpaired) electrons. The van der Waals surface area contributed by atoms with Crippen molar-refractivity contribution >= 4 is 42.4 Å². The fourth-order valence-electron chi connectivity index (χ4n) is 5.63. The minimum atomic E-state index is -0.692. The molecular formula is C38H34NP2. The monoisotopic (exact) mass is 566 g/mol. The van der Waals surface area contributed by atoms with Crippen molar-refractivity contribution in [2.24, 2.45) is 0 Å². The second kappa shape index (κ2) is 13.3. The van der Waals surface area contributed by atoms with Crippen molar-refractivity contribution in [3.8, 4) is 0 Å². The van der Waals surface area contributed by atoms with Gasteiger partial charge in [0.15, 0.2) is 0 Å². The molecule has 0 aliphatic heterocycles. The lowest BCUT2D eigenvalue weighted by molar-refractivity contribution is 0.319. The molecule has 5 aromatic carbocycles. The molecule has 0 unspecified atom stereocenters. The van der Waals surface area contributed by atoms with Gasteiger partial charge >= 0.3 is 0 Å². The summed E-state index contributed by atoms with van der Waals surface area (Å²) in [6.07, 6.45) is 6.93. The highest BCUT2D eigenvalue weighted by Crippen LogP contribution is 2.59. The van der Waals surface area contributed by atoms with Crippen molar-refractivity contribution in [3.63, 3.8) is 0 Å². The first-order valence-electron chi connectivity index (χ1n) is 14.0. The van der Waals surface area contributed by atoms with E-state index in [1.807, 2.05) is 0 Å². The highest BCUT2D eigenvalue weighted by atomic mass is 31.1. The van der Waals surface area contributed by atoms with Crippen LogP contribution >= 0.6 is 15.8 Å². The van der Waals surface area contributed by atoms with E-state index in [1.54, 1.807) is 0 Å². The number of hydrogen-bond donors (Lipinski definition) is 0. The molecule has 1 fully saturated rings. The van der Waals surface area contributed by atoms with Gasteiger partial charge in [-0.15, -0.1) is 0 Å². The van der Waals surface area contributed by atoms with E-state index < -0.39 is 15.8 Å². The van der Waals surface area contributed by atoms with Crippen LogP contribution in [-0.2, 0) is 0 Å². The summed E-state index contributed by atoms with van der Waals surface area (Å²) in [5, 5.41) is 6.88. The van der Waals surface area contributed by atoms with E-state index >= 15 is 0 Å². The van der Waals surface area contributed by atoms with Crippen LogP contribution in [0.4, 0.5) is 0 Å². The lowest BCUT2D eigenvalue weighted by atomic mass is 9.90. The molecule has 0 saturated heterocycles. The van der Waals surface area contributed by atoms with Crippen molar-refractivity contribution in [3.05, 3.63) is 182 Å². The van der Waals surface area contributed by atoms with Gasteiger partial charge in [-0.2, -0.15) is 0 Å². The van der Waals surface area contributed by atoms with Crippen LogP contribution in [-0.4, -0.2) is 19.0 Å². The van der Waals surface area contributed by atoms with Crippen molar-refractivity contribution in [2.75, 3.05) is 14.1 Å². The Morgan fingerprint density at radius 3 is 1.37 bits per heavy atom. The zero-order valence-electron chi connectivity index (χ0n) is 23.5. The minimum Gasteiger partial charge on any atom is -0.302 e. The van der Waals surface area contributed by atoms with Crippen LogP contribution in [0.5, 0.6) is 0 Å². The number of rotatable bonds is 9. The van der Waals surface area contributed by atoms with Crippen LogP contribution in [0.25, 0.3) is 0 Å². The van der Waals surface area contributed by atoms with E-state index in [1.165, 1.54) is 43.7 Å². The Kier molecular flexibility index (Phi) is 9.08. The van der Waals surface area contributed by atoms with Crippen LogP contribution in [0.15, 0.2) is 146 Å². The van der Waals surface area contributed by atoms with Crippen LogP contribution < -0.4 is 26.5 Å². The Bertz CT molecular complexity index is 1430. The molecule has 0 aromatic heterocycles. The standard InChI is InChI=1S/C38H34NP2/c1-39(2)38(36-27-16-28-37(36)41(33-22-11-5-12-23-33)34-24-13-6-14-25-34)30-17-15-26-35(29-30)40(31-18-7-3-8-19-31)32-20-9-4-10-21-32/h3-29,38H,1-2H3/t38-/m0/s1. The predicted octanol–water partition coefficient (Wildman–Crippen LogP) is 6.91.